The highest BCUT2D eigenvalue weighted by Gasteiger charge is 2.23. The van der Waals surface area contributed by atoms with Crippen molar-refractivity contribution >= 4 is 9.84 Å². The normalized spacial score (nSPS) is 15.0. The standard InChI is InChI=1S/C22H29FN2O5S/c1-15(17-8-9-19(23)20(11-17)30-13-16-6-7-16)14-31(28,29)10-4-2-3-5-18-12-24-21(26)22(27)25-18/h8-9,11-12,15-16H,2-7,10,13-14H2,1H3,(H,24,26)(H,25,27)/t15-/m0/s1. The Morgan fingerprint density at radius 3 is 2.65 bits per heavy atom. The highest BCUT2D eigenvalue weighted by molar-refractivity contribution is 7.91. The number of unbranched alkanes of at least 4 members (excludes halogenated alkanes) is 2. The van der Waals surface area contributed by atoms with Gasteiger partial charge in [0.15, 0.2) is 21.4 Å². The molecule has 1 aliphatic carbocycles. The van der Waals surface area contributed by atoms with E-state index in [0.29, 0.717) is 43.9 Å². The van der Waals surface area contributed by atoms with E-state index >= 15 is 0 Å². The van der Waals surface area contributed by atoms with E-state index in [2.05, 4.69) is 9.97 Å². The predicted molar refractivity (Wildman–Crippen MR) is 117 cm³/mol. The molecule has 3 rings (SSSR count). The SMILES string of the molecule is C[C@@H](CS(=O)(=O)CCCCCc1c[nH]c(=O)c(=O)[nH]1)c1ccc(F)c(OCC2CC2)c1. The summed E-state index contributed by atoms with van der Waals surface area (Å²) in [4.78, 5) is 27.2. The lowest BCUT2D eigenvalue weighted by molar-refractivity contribution is 0.285. The molecule has 0 radical (unpaired) electrons. The van der Waals surface area contributed by atoms with Gasteiger partial charge in [-0.3, -0.25) is 9.59 Å². The highest BCUT2D eigenvalue weighted by atomic mass is 32.2. The van der Waals surface area contributed by atoms with Crippen LogP contribution in [0.5, 0.6) is 5.75 Å². The number of halogens is 1. The van der Waals surface area contributed by atoms with Gasteiger partial charge in [0.1, 0.15) is 0 Å². The maximum Gasteiger partial charge on any atom is 0.313 e. The molecule has 0 aliphatic heterocycles. The molecule has 1 heterocycles. The van der Waals surface area contributed by atoms with E-state index in [0.717, 1.165) is 18.4 Å². The quantitative estimate of drug-likeness (QED) is 0.380. The van der Waals surface area contributed by atoms with Gasteiger partial charge < -0.3 is 14.7 Å². The topological polar surface area (TPSA) is 109 Å². The molecule has 0 unspecified atom stereocenters. The first kappa shape index (κ1) is 23.2. The summed E-state index contributed by atoms with van der Waals surface area (Å²) in [5.74, 6) is 0.0715. The van der Waals surface area contributed by atoms with Crippen molar-refractivity contribution in [3.05, 3.63) is 62.2 Å². The molecular weight excluding hydrogens is 423 g/mol. The summed E-state index contributed by atoms with van der Waals surface area (Å²) in [5, 5.41) is 0. The van der Waals surface area contributed by atoms with Crippen molar-refractivity contribution in [3.63, 3.8) is 0 Å². The van der Waals surface area contributed by atoms with Gasteiger partial charge in [-0.05, 0) is 61.6 Å². The van der Waals surface area contributed by atoms with Gasteiger partial charge in [0.05, 0.1) is 18.1 Å². The third kappa shape index (κ3) is 7.34. The van der Waals surface area contributed by atoms with E-state index in [9.17, 15) is 22.4 Å². The predicted octanol–water partition coefficient (Wildman–Crippen LogP) is 2.92. The summed E-state index contributed by atoms with van der Waals surface area (Å²) < 4.78 is 44.5. The number of aromatic amines is 2. The number of nitrogens with one attached hydrogen (secondary N) is 2. The Kier molecular flexibility index (Phi) is 7.69. The van der Waals surface area contributed by atoms with Crippen molar-refractivity contribution in [1.82, 2.24) is 9.97 Å². The molecule has 1 fully saturated rings. The third-order valence-electron chi connectivity index (χ3n) is 5.46. The first-order valence-electron chi connectivity index (χ1n) is 10.7. The average Bonchev–Trinajstić information content (AvgIpc) is 3.53. The van der Waals surface area contributed by atoms with Crippen molar-refractivity contribution in [2.45, 2.75) is 51.4 Å². The second kappa shape index (κ2) is 10.3. The van der Waals surface area contributed by atoms with Crippen LogP contribution in [0.2, 0.25) is 0 Å². The van der Waals surface area contributed by atoms with Gasteiger partial charge in [-0.15, -0.1) is 0 Å². The van der Waals surface area contributed by atoms with Gasteiger partial charge in [-0.25, -0.2) is 12.8 Å². The molecule has 9 heteroatoms. The number of sulfone groups is 1. The largest absolute Gasteiger partial charge is 0.490 e. The Morgan fingerprint density at radius 1 is 1.16 bits per heavy atom. The van der Waals surface area contributed by atoms with E-state index in [-0.39, 0.29) is 23.2 Å². The summed E-state index contributed by atoms with van der Waals surface area (Å²) >= 11 is 0. The summed E-state index contributed by atoms with van der Waals surface area (Å²) in [5.41, 5.74) is -0.00226. The van der Waals surface area contributed by atoms with E-state index in [1.54, 1.807) is 12.1 Å². The van der Waals surface area contributed by atoms with E-state index < -0.39 is 26.8 Å². The fourth-order valence-corrected chi connectivity index (χ4v) is 5.16. The number of ether oxygens (including phenoxy) is 1. The number of aryl methyl sites for hydroxylation is 1. The van der Waals surface area contributed by atoms with Crippen LogP contribution in [0.4, 0.5) is 4.39 Å². The van der Waals surface area contributed by atoms with Gasteiger partial charge in [-0.2, -0.15) is 0 Å². The molecule has 0 amide bonds. The number of aromatic nitrogens is 2. The lowest BCUT2D eigenvalue weighted by atomic mass is 10.0. The van der Waals surface area contributed by atoms with Crippen LogP contribution in [0, 0.1) is 11.7 Å². The maximum atomic E-state index is 14.0. The summed E-state index contributed by atoms with van der Waals surface area (Å²) in [7, 11) is -3.26. The number of H-pyrrole nitrogens is 2. The monoisotopic (exact) mass is 452 g/mol. The Hall–Kier alpha value is -2.42. The van der Waals surface area contributed by atoms with Crippen LogP contribution >= 0.6 is 0 Å². The fraction of sp³-hybridized carbons (Fsp3) is 0.545. The van der Waals surface area contributed by atoms with Gasteiger partial charge in [0.25, 0.3) is 0 Å². The minimum absolute atomic E-state index is 0.00601. The number of rotatable bonds is 12. The molecule has 1 aromatic carbocycles. The minimum atomic E-state index is -3.26. The summed E-state index contributed by atoms with van der Waals surface area (Å²) in [6, 6.07) is 4.56. The second-order valence-corrected chi connectivity index (χ2v) is 10.6. The first-order valence-corrected chi connectivity index (χ1v) is 12.5. The molecule has 0 bridgehead atoms. The van der Waals surface area contributed by atoms with Crippen LogP contribution in [-0.2, 0) is 16.3 Å². The molecule has 0 saturated heterocycles. The molecular formula is C22H29FN2O5S. The van der Waals surface area contributed by atoms with Gasteiger partial charge >= 0.3 is 11.1 Å². The molecule has 2 aromatic rings. The van der Waals surface area contributed by atoms with Crippen LogP contribution in [-0.4, -0.2) is 36.5 Å². The van der Waals surface area contributed by atoms with Crippen LogP contribution in [0.3, 0.4) is 0 Å². The second-order valence-electron chi connectivity index (χ2n) is 8.37. The summed E-state index contributed by atoms with van der Waals surface area (Å²) in [6.45, 7) is 2.32. The highest BCUT2D eigenvalue weighted by Crippen LogP contribution is 2.31. The molecule has 7 nitrogen and oxygen atoms in total. The molecule has 31 heavy (non-hydrogen) atoms. The maximum absolute atomic E-state index is 14.0. The number of hydrogen-bond acceptors (Lipinski definition) is 5. The van der Waals surface area contributed by atoms with E-state index in [4.69, 9.17) is 4.74 Å². The summed E-state index contributed by atoms with van der Waals surface area (Å²) in [6.07, 6.45) is 6.14. The molecule has 1 aliphatic rings. The van der Waals surface area contributed by atoms with Crippen LogP contribution in [0.15, 0.2) is 34.0 Å². The molecule has 2 N–H and O–H groups in total. The van der Waals surface area contributed by atoms with Gasteiger partial charge in [0, 0.05) is 11.9 Å². The van der Waals surface area contributed by atoms with Crippen molar-refractivity contribution in [3.8, 4) is 5.75 Å². The number of hydrogen-bond donors (Lipinski definition) is 2. The van der Waals surface area contributed by atoms with Gasteiger partial charge in [-0.1, -0.05) is 19.4 Å². The Bertz CT molecular complexity index is 1110. The Balaban J connectivity index is 1.44. The molecule has 1 aromatic heterocycles. The number of benzene rings is 1. The van der Waals surface area contributed by atoms with Crippen molar-refractivity contribution < 1.29 is 17.5 Å². The molecule has 1 atom stereocenters. The third-order valence-corrected chi connectivity index (χ3v) is 7.38. The zero-order valence-electron chi connectivity index (χ0n) is 17.7. The fourth-order valence-electron chi connectivity index (χ4n) is 3.40. The minimum Gasteiger partial charge on any atom is -0.490 e. The van der Waals surface area contributed by atoms with Gasteiger partial charge in [0.2, 0.25) is 0 Å². The lowest BCUT2D eigenvalue weighted by Crippen LogP contribution is -2.29. The van der Waals surface area contributed by atoms with Crippen molar-refractivity contribution in [2.24, 2.45) is 5.92 Å². The van der Waals surface area contributed by atoms with E-state index in [1.165, 1.54) is 12.3 Å². The first-order chi connectivity index (χ1) is 14.7. The Morgan fingerprint density at radius 2 is 1.94 bits per heavy atom. The zero-order valence-corrected chi connectivity index (χ0v) is 18.5. The van der Waals surface area contributed by atoms with E-state index in [1.807, 2.05) is 6.92 Å². The van der Waals surface area contributed by atoms with Crippen molar-refractivity contribution in [1.29, 1.82) is 0 Å². The smallest absolute Gasteiger partial charge is 0.313 e. The van der Waals surface area contributed by atoms with Crippen LogP contribution in [0.25, 0.3) is 0 Å². The molecule has 0 spiro atoms. The molecule has 170 valence electrons. The van der Waals surface area contributed by atoms with Crippen molar-refractivity contribution in [2.75, 3.05) is 18.1 Å². The average molecular weight is 453 g/mol. The van der Waals surface area contributed by atoms with Crippen LogP contribution in [0.1, 0.15) is 56.2 Å². The zero-order chi connectivity index (χ0) is 22.4. The lowest BCUT2D eigenvalue weighted by Gasteiger charge is -2.15. The van der Waals surface area contributed by atoms with Crippen LogP contribution < -0.4 is 15.9 Å². The molecule has 1 saturated carbocycles. The Labute approximate surface area is 181 Å².